The summed E-state index contributed by atoms with van der Waals surface area (Å²) in [6, 6.07) is 16.7. The Kier molecular flexibility index (Phi) is 8.15. The van der Waals surface area contributed by atoms with Crippen LogP contribution in [0.25, 0.3) is 0 Å². The van der Waals surface area contributed by atoms with Crippen LogP contribution in [0.4, 0.5) is 11.4 Å². The van der Waals surface area contributed by atoms with Crippen LogP contribution in [-0.4, -0.2) is 42.9 Å². The Balaban J connectivity index is 1.60. The van der Waals surface area contributed by atoms with Gasteiger partial charge in [-0.15, -0.1) is 11.8 Å². The van der Waals surface area contributed by atoms with Crippen molar-refractivity contribution >= 4 is 40.9 Å². The quantitative estimate of drug-likeness (QED) is 0.381. The lowest BCUT2D eigenvalue weighted by Gasteiger charge is -2.13. The summed E-state index contributed by atoms with van der Waals surface area (Å²) in [5.41, 5.74) is 2.22. The number of anilines is 2. The SMILES string of the molecule is COc1cccc(OC)c1C(=O)Nc1ccc(SCC(=O)Nc2cc(C(=O)O)ccc2C)cc1. The number of carbonyl (C=O) groups excluding carboxylic acids is 2. The van der Waals surface area contributed by atoms with Crippen LogP contribution in [0, 0.1) is 6.92 Å². The van der Waals surface area contributed by atoms with Crippen molar-refractivity contribution in [1.29, 1.82) is 0 Å². The molecule has 0 unspecified atom stereocenters. The third-order valence-corrected chi connectivity index (χ3v) is 5.91. The Hall–Kier alpha value is -3.98. The molecule has 0 aliphatic rings. The molecule has 9 heteroatoms. The molecule has 0 aliphatic heterocycles. The number of rotatable bonds is 9. The molecular weight excluding hydrogens is 456 g/mol. The molecule has 34 heavy (non-hydrogen) atoms. The summed E-state index contributed by atoms with van der Waals surface area (Å²) in [5.74, 6) is -0.732. The van der Waals surface area contributed by atoms with Crippen molar-refractivity contribution in [3.05, 3.63) is 77.4 Å². The van der Waals surface area contributed by atoms with E-state index in [1.807, 2.05) is 0 Å². The molecule has 3 rings (SSSR count). The molecular formula is C25H24N2O6S. The fourth-order valence-corrected chi connectivity index (χ4v) is 3.83. The highest BCUT2D eigenvalue weighted by Crippen LogP contribution is 2.29. The van der Waals surface area contributed by atoms with Crippen molar-refractivity contribution in [3.63, 3.8) is 0 Å². The van der Waals surface area contributed by atoms with E-state index >= 15 is 0 Å². The summed E-state index contributed by atoms with van der Waals surface area (Å²) in [6.07, 6.45) is 0. The van der Waals surface area contributed by atoms with E-state index in [9.17, 15) is 14.4 Å². The molecule has 0 radical (unpaired) electrons. The van der Waals surface area contributed by atoms with Crippen molar-refractivity contribution in [1.82, 2.24) is 0 Å². The Morgan fingerprint density at radius 1 is 0.912 bits per heavy atom. The molecule has 2 amide bonds. The molecule has 0 saturated heterocycles. The predicted octanol–water partition coefficient (Wildman–Crippen LogP) is 4.69. The minimum absolute atomic E-state index is 0.108. The molecule has 3 aromatic rings. The van der Waals surface area contributed by atoms with E-state index in [1.54, 1.807) is 55.5 Å². The molecule has 8 nitrogen and oxygen atoms in total. The van der Waals surface area contributed by atoms with Gasteiger partial charge in [0.1, 0.15) is 17.1 Å². The average molecular weight is 481 g/mol. The van der Waals surface area contributed by atoms with E-state index in [4.69, 9.17) is 14.6 Å². The lowest BCUT2D eigenvalue weighted by Crippen LogP contribution is -2.15. The van der Waals surface area contributed by atoms with Crippen molar-refractivity contribution in [2.75, 3.05) is 30.6 Å². The summed E-state index contributed by atoms with van der Waals surface area (Å²) in [5, 5.41) is 14.7. The van der Waals surface area contributed by atoms with Crippen LogP contribution in [0.2, 0.25) is 0 Å². The number of aryl methyl sites for hydroxylation is 1. The molecule has 3 N–H and O–H groups in total. The number of carboxylic acid groups (broad SMARTS) is 1. The zero-order valence-electron chi connectivity index (χ0n) is 18.9. The zero-order valence-corrected chi connectivity index (χ0v) is 19.7. The Labute approximate surface area is 201 Å². The number of ether oxygens (including phenoxy) is 2. The number of hydrogen-bond donors (Lipinski definition) is 3. The lowest BCUT2D eigenvalue weighted by molar-refractivity contribution is -0.113. The second kappa shape index (κ2) is 11.2. The van der Waals surface area contributed by atoms with Gasteiger partial charge in [0.05, 0.1) is 25.5 Å². The zero-order chi connectivity index (χ0) is 24.7. The first-order valence-corrected chi connectivity index (χ1v) is 11.2. The fraction of sp³-hybridized carbons (Fsp3) is 0.160. The summed E-state index contributed by atoms with van der Waals surface area (Å²) < 4.78 is 10.6. The first-order valence-electron chi connectivity index (χ1n) is 10.2. The fourth-order valence-electron chi connectivity index (χ4n) is 3.13. The third kappa shape index (κ3) is 6.08. The standard InChI is InChI=1S/C25H24N2O6S/c1-15-7-8-16(25(30)31)13-19(15)27-22(28)14-34-18-11-9-17(10-12-18)26-24(29)23-20(32-2)5-4-6-21(23)33-3/h4-13H,14H2,1-3H3,(H,26,29)(H,27,28)(H,30,31). The molecule has 0 bridgehead atoms. The average Bonchev–Trinajstić information content (AvgIpc) is 2.84. The molecule has 0 heterocycles. The second-order valence-corrected chi connectivity index (χ2v) is 8.24. The highest BCUT2D eigenvalue weighted by Gasteiger charge is 2.18. The smallest absolute Gasteiger partial charge is 0.335 e. The topological polar surface area (TPSA) is 114 Å². The van der Waals surface area contributed by atoms with Crippen LogP contribution in [0.3, 0.4) is 0 Å². The molecule has 0 aromatic heterocycles. The highest BCUT2D eigenvalue weighted by molar-refractivity contribution is 8.00. The molecule has 0 spiro atoms. The number of methoxy groups -OCH3 is 2. The maximum absolute atomic E-state index is 12.8. The van der Waals surface area contributed by atoms with Crippen molar-refractivity contribution in [3.8, 4) is 11.5 Å². The van der Waals surface area contributed by atoms with E-state index in [1.165, 1.54) is 38.1 Å². The van der Waals surface area contributed by atoms with Crippen molar-refractivity contribution < 1.29 is 29.0 Å². The maximum Gasteiger partial charge on any atom is 0.335 e. The maximum atomic E-state index is 12.8. The molecule has 0 aliphatic carbocycles. The van der Waals surface area contributed by atoms with Crippen LogP contribution < -0.4 is 20.1 Å². The number of amides is 2. The third-order valence-electron chi connectivity index (χ3n) is 4.90. The number of hydrogen-bond acceptors (Lipinski definition) is 6. The number of carbonyl (C=O) groups is 3. The molecule has 176 valence electrons. The van der Waals surface area contributed by atoms with E-state index in [2.05, 4.69) is 10.6 Å². The van der Waals surface area contributed by atoms with Crippen LogP contribution in [0.15, 0.2) is 65.6 Å². The normalized spacial score (nSPS) is 10.3. The van der Waals surface area contributed by atoms with Crippen molar-refractivity contribution in [2.24, 2.45) is 0 Å². The molecule has 0 saturated carbocycles. The van der Waals surface area contributed by atoms with Gasteiger partial charge in [0.25, 0.3) is 5.91 Å². The number of nitrogens with one attached hydrogen (secondary N) is 2. The van der Waals surface area contributed by atoms with Gasteiger partial charge in [0.15, 0.2) is 0 Å². The molecule has 3 aromatic carbocycles. The van der Waals surface area contributed by atoms with Gasteiger partial charge < -0.3 is 25.2 Å². The van der Waals surface area contributed by atoms with Gasteiger partial charge in [-0.2, -0.15) is 0 Å². The van der Waals surface area contributed by atoms with Crippen molar-refractivity contribution in [2.45, 2.75) is 11.8 Å². The van der Waals surface area contributed by atoms with E-state index in [0.717, 1.165) is 10.5 Å². The van der Waals surface area contributed by atoms with Gasteiger partial charge in [-0.3, -0.25) is 9.59 Å². The second-order valence-electron chi connectivity index (χ2n) is 7.19. The Bertz CT molecular complexity index is 1190. The minimum Gasteiger partial charge on any atom is -0.496 e. The Morgan fingerprint density at radius 2 is 1.56 bits per heavy atom. The largest absolute Gasteiger partial charge is 0.496 e. The van der Waals surface area contributed by atoms with Crippen LogP contribution >= 0.6 is 11.8 Å². The van der Waals surface area contributed by atoms with Crippen LogP contribution in [0.1, 0.15) is 26.3 Å². The number of benzene rings is 3. The number of thioether (sulfide) groups is 1. The number of carboxylic acids is 1. The summed E-state index contributed by atoms with van der Waals surface area (Å²) in [6.45, 7) is 1.79. The first kappa shape index (κ1) is 24.7. The van der Waals surface area contributed by atoms with Gasteiger partial charge >= 0.3 is 5.97 Å². The molecule has 0 fully saturated rings. The predicted molar refractivity (Wildman–Crippen MR) is 131 cm³/mol. The van der Waals surface area contributed by atoms with Crippen LogP contribution in [0.5, 0.6) is 11.5 Å². The van der Waals surface area contributed by atoms with Gasteiger partial charge in [-0.25, -0.2) is 4.79 Å². The number of aromatic carboxylic acids is 1. The van der Waals surface area contributed by atoms with Gasteiger partial charge in [-0.1, -0.05) is 12.1 Å². The van der Waals surface area contributed by atoms with E-state index in [0.29, 0.717) is 28.4 Å². The summed E-state index contributed by atoms with van der Waals surface area (Å²) in [4.78, 5) is 37.1. The van der Waals surface area contributed by atoms with Gasteiger partial charge in [0, 0.05) is 16.3 Å². The van der Waals surface area contributed by atoms with Gasteiger partial charge in [0.2, 0.25) is 5.91 Å². The monoisotopic (exact) mass is 480 g/mol. The lowest BCUT2D eigenvalue weighted by atomic mass is 10.1. The minimum atomic E-state index is -1.05. The summed E-state index contributed by atoms with van der Waals surface area (Å²) in [7, 11) is 2.97. The van der Waals surface area contributed by atoms with Gasteiger partial charge in [-0.05, 0) is 61.0 Å². The van der Waals surface area contributed by atoms with E-state index < -0.39 is 5.97 Å². The Morgan fingerprint density at radius 3 is 2.15 bits per heavy atom. The van der Waals surface area contributed by atoms with E-state index in [-0.39, 0.29) is 23.1 Å². The highest BCUT2D eigenvalue weighted by atomic mass is 32.2. The molecule has 0 atom stereocenters. The van der Waals surface area contributed by atoms with Crippen LogP contribution in [-0.2, 0) is 4.79 Å². The summed E-state index contributed by atoms with van der Waals surface area (Å²) >= 11 is 1.32. The first-order chi connectivity index (χ1) is 16.3.